The Morgan fingerprint density at radius 3 is 2.43 bits per heavy atom. The number of benzene rings is 2. The second-order valence-electron chi connectivity index (χ2n) is 7.55. The van der Waals surface area contributed by atoms with Gasteiger partial charge in [-0.3, -0.25) is 24.7 Å². The fourth-order valence-corrected chi connectivity index (χ4v) is 4.12. The Bertz CT molecular complexity index is 1570. The van der Waals surface area contributed by atoms with Crippen molar-refractivity contribution in [2.75, 3.05) is 0 Å². The summed E-state index contributed by atoms with van der Waals surface area (Å²) in [4.78, 5) is 34.3. The number of halogens is 2. The summed E-state index contributed by atoms with van der Waals surface area (Å²) in [6, 6.07) is 15.5. The van der Waals surface area contributed by atoms with Gasteiger partial charge in [0.25, 0.3) is 11.1 Å². The van der Waals surface area contributed by atoms with Crippen molar-refractivity contribution in [2.45, 2.75) is 19.8 Å². The van der Waals surface area contributed by atoms with Gasteiger partial charge in [0.2, 0.25) is 0 Å². The van der Waals surface area contributed by atoms with E-state index in [0.717, 1.165) is 5.56 Å². The minimum absolute atomic E-state index is 0.0266. The van der Waals surface area contributed by atoms with Crippen LogP contribution in [0.2, 0.25) is 10.0 Å². The predicted molar refractivity (Wildman–Crippen MR) is 140 cm³/mol. The molecule has 2 heterocycles. The van der Waals surface area contributed by atoms with Crippen molar-refractivity contribution in [1.29, 1.82) is 0 Å². The summed E-state index contributed by atoms with van der Waals surface area (Å²) in [6.45, 7) is 7.12. The van der Waals surface area contributed by atoms with E-state index in [1.54, 1.807) is 30.3 Å². The molecular weight excluding hydrogens is 489 g/mol. The van der Waals surface area contributed by atoms with E-state index in [-0.39, 0.29) is 30.9 Å². The van der Waals surface area contributed by atoms with Crippen LogP contribution in [0, 0.1) is 0 Å². The monoisotopic (exact) mass is 509 g/mol. The zero-order valence-electron chi connectivity index (χ0n) is 18.6. The zero-order valence-corrected chi connectivity index (χ0v) is 20.1. The molecule has 10 heteroatoms. The number of aromatic amines is 1. The highest BCUT2D eigenvalue weighted by molar-refractivity contribution is 6.32. The average molecular weight is 510 g/mol. The number of fused-ring (bicyclic) bond motifs is 1. The van der Waals surface area contributed by atoms with Gasteiger partial charge in [0.15, 0.2) is 0 Å². The topological polar surface area (TPSA) is 93.7 Å². The van der Waals surface area contributed by atoms with Crippen LogP contribution in [-0.2, 0) is 24.5 Å². The van der Waals surface area contributed by atoms with Gasteiger partial charge < -0.3 is 9.30 Å². The van der Waals surface area contributed by atoms with Gasteiger partial charge in [0.1, 0.15) is 0 Å². The number of hydrogen-bond acceptors (Lipinski definition) is 5. The molecule has 0 amide bonds. The molecule has 0 bridgehead atoms. The second kappa shape index (κ2) is 10.7. The lowest BCUT2D eigenvalue weighted by atomic mass is 10.2. The number of hydrogen-bond donors (Lipinski definition) is 1. The summed E-state index contributed by atoms with van der Waals surface area (Å²) in [5.74, 6) is 0. The van der Waals surface area contributed by atoms with Crippen LogP contribution in [0.15, 0.2) is 86.1 Å². The van der Waals surface area contributed by atoms with Crippen LogP contribution in [0.3, 0.4) is 0 Å². The molecule has 2 aromatic heterocycles. The first-order valence-electron chi connectivity index (χ1n) is 10.5. The Hall–Kier alpha value is -3.72. The van der Waals surface area contributed by atoms with Crippen LogP contribution in [0.4, 0.5) is 0 Å². The van der Waals surface area contributed by atoms with E-state index in [1.165, 1.54) is 21.5 Å². The molecule has 0 unspecified atom stereocenters. The summed E-state index contributed by atoms with van der Waals surface area (Å²) in [7, 11) is 0. The molecule has 35 heavy (non-hydrogen) atoms. The Morgan fingerprint density at radius 2 is 1.74 bits per heavy atom. The smallest absolute Gasteiger partial charge is 0.281 e. The van der Waals surface area contributed by atoms with Gasteiger partial charge in [-0.15, -0.1) is 0 Å². The van der Waals surface area contributed by atoms with Gasteiger partial charge in [-0.1, -0.05) is 53.5 Å². The van der Waals surface area contributed by atoms with Crippen molar-refractivity contribution in [1.82, 2.24) is 14.3 Å². The maximum atomic E-state index is 13.5. The van der Waals surface area contributed by atoms with Crippen molar-refractivity contribution in [3.8, 4) is 5.69 Å². The van der Waals surface area contributed by atoms with Gasteiger partial charge in [0.05, 0.1) is 52.8 Å². The van der Waals surface area contributed by atoms with Crippen LogP contribution in [0.1, 0.15) is 11.3 Å². The number of pyridine rings is 1. The summed E-state index contributed by atoms with van der Waals surface area (Å²) in [5.41, 5.74) is 1.62. The Morgan fingerprint density at radius 1 is 1.03 bits per heavy atom. The van der Waals surface area contributed by atoms with E-state index in [2.05, 4.69) is 28.5 Å². The maximum absolute atomic E-state index is 13.5. The Balaban J connectivity index is 1.86. The van der Waals surface area contributed by atoms with Crippen LogP contribution >= 0.6 is 23.2 Å². The molecule has 4 rings (SSSR count). The number of rotatable bonds is 9. The number of H-pyrrole nitrogens is 1. The molecule has 0 fully saturated rings. The molecule has 0 saturated carbocycles. The lowest BCUT2D eigenvalue weighted by Gasteiger charge is -2.14. The van der Waals surface area contributed by atoms with Crippen molar-refractivity contribution < 1.29 is 4.74 Å². The van der Waals surface area contributed by atoms with Crippen LogP contribution in [-0.4, -0.2) is 27.8 Å². The SMILES string of the molecule is C=N/C=C(/Cn1c(COCc2ccccc2Cl)c2c(=O)n(-c3ccccc3Cl)[nH]c2cc1=O)N=C. The lowest BCUT2D eigenvalue weighted by Crippen LogP contribution is -2.26. The third kappa shape index (κ3) is 5.05. The number of allylic oxidation sites excluding steroid dienone is 1. The molecular formula is C25H21Cl2N5O3. The zero-order chi connectivity index (χ0) is 24.9. The predicted octanol–water partition coefficient (Wildman–Crippen LogP) is 4.75. The van der Waals surface area contributed by atoms with E-state index in [9.17, 15) is 9.59 Å². The number of nitrogens with zero attached hydrogens (tertiary/aromatic N) is 4. The largest absolute Gasteiger partial charge is 0.370 e. The summed E-state index contributed by atoms with van der Waals surface area (Å²) >= 11 is 12.6. The molecule has 0 atom stereocenters. The average Bonchev–Trinajstić information content (AvgIpc) is 3.17. The van der Waals surface area contributed by atoms with Crippen molar-refractivity contribution in [3.63, 3.8) is 0 Å². The third-order valence-corrected chi connectivity index (χ3v) is 6.07. The molecule has 178 valence electrons. The third-order valence-electron chi connectivity index (χ3n) is 5.38. The van der Waals surface area contributed by atoms with Crippen molar-refractivity contribution >= 4 is 47.5 Å². The fourth-order valence-electron chi connectivity index (χ4n) is 3.71. The van der Waals surface area contributed by atoms with Crippen molar-refractivity contribution in [3.05, 3.63) is 109 Å². The van der Waals surface area contributed by atoms with Gasteiger partial charge in [0, 0.05) is 17.3 Å². The van der Waals surface area contributed by atoms with Gasteiger partial charge >= 0.3 is 0 Å². The summed E-state index contributed by atoms with van der Waals surface area (Å²) in [5, 5.41) is 4.22. The molecule has 0 radical (unpaired) electrons. The molecule has 0 aliphatic carbocycles. The highest BCUT2D eigenvalue weighted by Gasteiger charge is 2.19. The normalized spacial score (nSPS) is 11.7. The van der Waals surface area contributed by atoms with E-state index in [0.29, 0.717) is 38.0 Å². The molecule has 1 N–H and O–H groups in total. The molecule has 4 aromatic rings. The number of ether oxygens (including phenoxy) is 1. The first-order valence-corrected chi connectivity index (χ1v) is 11.2. The van der Waals surface area contributed by atoms with E-state index in [4.69, 9.17) is 27.9 Å². The minimum atomic E-state index is -0.378. The van der Waals surface area contributed by atoms with E-state index < -0.39 is 0 Å². The Kier molecular flexibility index (Phi) is 7.45. The lowest BCUT2D eigenvalue weighted by molar-refractivity contribution is 0.103. The maximum Gasteiger partial charge on any atom is 0.281 e. The van der Waals surface area contributed by atoms with E-state index in [1.807, 2.05) is 18.2 Å². The highest BCUT2D eigenvalue weighted by Crippen LogP contribution is 2.22. The Labute approximate surface area is 210 Å². The number of nitrogens with one attached hydrogen (secondary N) is 1. The standard InChI is InChI=1S/C25H21Cl2N5O3/c1-28-12-17(29-2)13-31-22(15-35-14-16-7-3-4-8-18(16)26)24-20(11-23(31)33)30-32(25(24)34)21-10-6-5-9-19(21)27/h3-12,30H,1-2,13-15H2/b17-12-. The van der Waals surface area contributed by atoms with Crippen LogP contribution < -0.4 is 11.1 Å². The van der Waals surface area contributed by atoms with Gasteiger partial charge in [-0.2, -0.15) is 0 Å². The molecule has 0 saturated heterocycles. The van der Waals surface area contributed by atoms with Gasteiger partial charge in [-0.05, 0) is 37.2 Å². The number of aliphatic imine (C=N–C) groups is 2. The number of aromatic nitrogens is 3. The van der Waals surface area contributed by atoms with Crippen LogP contribution in [0.5, 0.6) is 0 Å². The first kappa shape index (κ1) is 24.4. The molecule has 0 spiro atoms. The van der Waals surface area contributed by atoms with E-state index >= 15 is 0 Å². The van der Waals surface area contributed by atoms with Crippen molar-refractivity contribution in [2.24, 2.45) is 9.98 Å². The van der Waals surface area contributed by atoms with Crippen LogP contribution in [0.25, 0.3) is 16.6 Å². The molecule has 2 aromatic carbocycles. The minimum Gasteiger partial charge on any atom is -0.370 e. The fraction of sp³-hybridized carbons (Fsp3) is 0.120. The summed E-state index contributed by atoms with van der Waals surface area (Å²) < 4.78 is 8.64. The molecule has 0 aliphatic rings. The summed E-state index contributed by atoms with van der Waals surface area (Å²) in [6.07, 6.45) is 1.40. The van der Waals surface area contributed by atoms with Gasteiger partial charge in [-0.25, -0.2) is 4.68 Å². The molecule has 0 aliphatic heterocycles. The molecule has 8 nitrogen and oxygen atoms in total. The number of para-hydroxylation sites is 1. The second-order valence-corrected chi connectivity index (χ2v) is 8.37. The quantitative estimate of drug-likeness (QED) is 0.330. The highest BCUT2D eigenvalue weighted by atomic mass is 35.5. The first-order chi connectivity index (χ1) is 16.9.